The van der Waals surface area contributed by atoms with Crippen LogP contribution >= 0.6 is 0 Å². The van der Waals surface area contributed by atoms with Gasteiger partial charge in [-0.3, -0.25) is 19.7 Å². The fourth-order valence-corrected chi connectivity index (χ4v) is 3.44. The van der Waals surface area contributed by atoms with Crippen LogP contribution in [0, 0.1) is 5.82 Å². The summed E-state index contributed by atoms with van der Waals surface area (Å²) in [6.07, 6.45) is 3.73. The van der Waals surface area contributed by atoms with Crippen molar-refractivity contribution < 1.29 is 9.18 Å². The van der Waals surface area contributed by atoms with Crippen molar-refractivity contribution in [1.82, 2.24) is 10.2 Å². The smallest absolute Gasteiger partial charge is 0.211 e. The molecule has 0 bridgehead atoms. The number of hydrogen-bond donors (Lipinski definition) is 3. The van der Waals surface area contributed by atoms with Gasteiger partial charge in [0.2, 0.25) is 6.41 Å². The highest BCUT2D eigenvalue weighted by atomic mass is 19.1. The number of carbonyl (C=O) groups is 1. The van der Waals surface area contributed by atoms with E-state index >= 15 is 0 Å². The van der Waals surface area contributed by atoms with E-state index in [0.717, 1.165) is 16.8 Å². The van der Waals surface area contributed by atoms with Crippen molar-refractivity contribution in [2.45, 2.75) is 6.54 Å². The molecular formula is C24H27FN6O. The minimum atomic E-state index is -0.323. The zero-order valence-electron chi connectivity index (χ0n) is 18.2. The predicted molar refractivity (Wildman–Crippen MR) is 127 cm³/mol. The van der Waals surface area contributed by atoms with Gasteiger partial charge in [0, 0.05) is 48.9 Å². The molecule has 0 aromatic heterocycles. The number of amides is 1. The fraction of sp³-hybridized carbons (Fsp3) is 0.208. The topological polar surface area (TPSA) is 95.1 Å². The Morgan fingerprint density at radius 2 is 2.03 bits per heavy atom. The van der Waals surface area contributed by atoms with Crippen LogP contribution in [0.2, 0.25) is 0 Å². The number of likely N-dealkylation sites (N-methyl/N-ethyl adjacent to an activating group) is 1. The van der Waals surface area contributed by atoms with Gasteiger partial charge in [0.05, 0.1) is 12.3 Å². The number of rotatable bonds is 8. The zero-order valence-corrected chi connectivity index (χ0v) is 18.2. The van der Waals surface area contributed by atoms with Crippen molar-refractivity contribution in [2.75, 3.05) is 32.5 Å². The normalized spacial score (nSPS) is 15.5. The second-order valence-corrected chi connectivity index (χ2v) is 7.37. The van der Waals surface area contributed by atoms with Crippen molar-refractivity contribution in [2.24, 2.45) is 15.7 Å². The highest BCUT2D eigenvalue weighted by molar-refractivity contribution is 6.13. The maximum absolute atomic E-state index is 14.6. The SMILES string of the molecule is CN=C(/C=C\NC=O)Nc1cccc(CN=C(C2=C(N)CN(C)C2)c2ccccc2F)c1. The number of benzene rings is 2. The Kier molecular flexibility index (Phi) is 7.88. The van der Waals surface area contributed by atoms with Crippen molar-refractivity contribution in [3.05, 3.63) is 89.0 Å². The first-order valence-corrected chi connectivity index (χ1v) is 10.2. The lowest BCUT2D eigenvalue weighted by atomic mass is 10.0. The van der Waals surface area contributed by atoms with Gasteiger partial charge in [0.25, 0.3) is 0 Å². The monoisotopic (exact) mass is 434 g/mol. The second-order valence-electron chi connectivity index (χ2n) is 7.37. The summed E-state index contributed by atoms with van der Waals surface area (Å²) < 4.78 is 14.6. The molecule has 0 unspecified atom stereocenters. The summed E-state index contributed by atoms with van der Waals surface area (Å²) in [5.41, 5.74) is 10.6. The number of aliphatic imine (C=N–C) groups is 2. The Labute approximate surface area is 187 Å². The molecule has 2 aromatic rings. The lowest BCUT2D eigenvalue weighted by Crippen LogP contribution is -2.18. The van der Waals surface area contributed by atoms with Crippen LogP contribution in [0.25, 0.3) is 0 Å². The van der Waals surface area contributed by atoms with Gasteiger partial charge in [0.15, 0.2) is 0 Å². The Balaban J connectivity index is 1.86. The van der Waals surface area contributed by atoms with E-state index in [9.17, 15) is 9.18 Å². The van der Waals surface area contributed by atoms with E-state index in [4.69, 9.17) is 10.7 Å². The highest BCUT2D eigenvalue weighted by Gasteiger charge is 2.23. The molecule has 3 rings (SSSR count). The van der Waals surface area contributed by atoms with Crippen molar-refractivity contribution in [1.29, 1.82) is 0 Å². The molecule has 8 heteroatoms. The number of nitrogens with one attached hydrogen (secondary N) is 2. The van der Waals surface area contributed by atoms with Gasteiger partial charge < -0.3 is 16.4 Å². The van der Waals surface area contributed by atoms with Crippen LogP contribution in [0.15, 0.2) is 82.1 Å². The number of amidine groups is 1. The average Bonchev–Trinajstić information content (AvgIpc) is 3.12. The molecule has 0 radical (unpaired) electrons. The van der Waals surface area contributed by atoms with Crippen molar-refractivity contribution >= 4 is 23.6 Å². The lowest BCUT2D eigenvalue weighted by molar-refractivity contribution is -0.108. The Morgan fingerprint density at radius 1 is 1.22 bits per heavy atom. The molecule has 1 aliphatic rings. The zero-order chi connectivity index (χ0) is 22.9. The van der Waals surface area contributed by atoms with Gasteiger partial charge in [-0.25, -0.2) is 4.39 Å². The summed E-state index contributed by atoms with van der Waals surface area (Å²) in [4.78, 5) is 21.4. The van der Waals surface area contributed by atoms with Crippen LogP contribution in [0.3, 0.4) is 0 Å². The van der Waals surface area contributed by atoms with E-state index < -0.39 is 0 Å². The molecule has 1 amide bonds. The largest absolute Gasteiger partial charge is 0.401 e. The Bertz CT molecular complexity index is 1090. The molecule has 1 heterocycles. The molecule has 0 fully saturated rings. The molecule has 1 aliphatic heterocycles. The first kappa shape index (κ1) is 22.9. The maximum atomic E-state index is 14.6. The predicted octanol–water partition coefficient (Wildman–Crippen LogP) is 2.67. The third kappa shape index (κ3) is 5.89. The molecule has 2 aromatic carbocycles. The summed E-state index contributed by atoms with van der Waals surface area (Å²) in [7, 11) is 3.62. The third-order valence-corrected chi connectivity index (χ3v) is 4.94. The first-order chi connectivity index (χ1) is 15.5. The van der Waals surface area contributed by atoms with Gasteiger partial charge in [0.1, 0.15) is 11.7 Å². The molecule has 7 nitrogen and oxygen atoms in total. The quantitative estimate of drug-likeness (QED) is 0.338. The van der Waals surface area contributed by atoms with Crippen LogP contribution in [-0.4, -0.2) is 50.0 Å². The van der Waals surface area contributed by atoms with Gasteiger partial charge in [-0.05, 0) is 43.0 Å². The molecular weight excluding hydrogens is 407 g/mol. The van der Waals surface area contributed by atoms with Crippen LogP contribution in [0.4, 0.5) is 10.1 Å². The van der Waals surface area contributed by atoms with Crippen LogP contribution < -0.4 is 16.4 Å². The van der Waals surface area contributed by atoms with E-state index in [0.29, 0.717) is 48.9 Å². The van der Waals surface area contributed by atoms with Crippen LogP contribution in [0.1, 0.15) is 11.1 Å². The molecule has 4 N–H and O–H groups in total. The standard InChI is InChI=1S/C24H27FN6O/c1-27-23(10-11-28-16-32)30-18-7-5-6-17(12-18)13-29-24(19-8-3-4-9-21(19)25)20-14-31(2)15-22(20)26/h3-12,16H,13-15,26H2,1-2H3,(H,27,30)(H,28,32)/b11-10-,29-24?. The summed E-state index contributed by atoms with van der Waals surface area (Å²) in [6.45, 7) is 1.62. The maximum Gasteiger partial charge on any atom is 0.211 e. The van der Waals surface area contributed by atoms with Crippen molar-refractivity contribution in [3.63, 3.8) is 0 Å². The van der Waals surface area contributed by atoms with E-state index in [-0.39, 0.29) is 5.82 Å². The van der Waals surface area contributed by atoms with E-state index in [1.807, 2.05) is 31.3 Å². The molecule has 166 valence electrons. The molecule has 0 aliphatic carbocycles. The van der Waals surface area contributed by atoms with E-state index in [1.165, 1.54) is 12.3 Å². The van der Waals surface area contributed by atoms with Gasteiger partial charge in [-0.1, -0.05) is 24.3 Å². The van der Waals surface area contributed by atoms with Crippen LogP contribution in [-0.2, 0) is 11.3 Å². The number of anilines is 1. The molecule has 0 saturated carbocycles. The van der Waals surface area contributed by atoms with Gasteiger partial charge in [-0.2, -0.15) is 0 Å². The fourth-order valence-electron chi connectivity index (χ4n) is 3.44. The molecule has 32 heavy (non-hydrogen) atoms. The van der Waals surface area contributed by atoms with Gasteiger partial charge in [-0.15, -0.1) is 0 Å². The molecule has 0 atom stereocenters. The minimum Gasteiger partial charge on any atom is -0.401 e. The Hall–Kier alpha value is -3.78. The highest BCUT2D eigenvalue weighted by Crippen LogP contribution is 2.22. The molecule has 0 saturated heterocycles. The minimum absolute atomic E-state index is 0.323. The first-order valence-electron chi connectivity index (χ1n) is 10.2. The average molecular weight is 435 g/mol. The summed E-state index contributed by atoms with van der Waals surface area (Å²) in [5.74, 6) is 0.259. The summed E-state index contributed by atoms with van der Waals surface area (Å²) in [5, 5.41) is 5.64. The summed E-state index contributed by atoms with van der Waals surface area (Å²) >= 11 is 0. The lowest BCUT2D eigenvalue weighted by Gasteiger charge is -2.12. The number of halogens is 1. The van der Waals surface area contributed by atoms with Crippen LogP contribution in [0.5, 0.6) is 0 Å². The van der Waals surface area contributed by atoms with Gasteiger partial charge >= 0.3 is 0 Å². The van der Waals surface area contributed by atoms with E-state index in [2.05, 4.69) is 20.5 Å². The molecule has 0 spiro atoms. The van der Waals surface area contributed by atoms with Crippen molar-refractivity contribution in [3.8, 4) is 0 Å². The summed E-state index contributed by atoms with van der Waals surface area (Å²) in [6, 6.07) is 14.4. The second kappa shape index (κ2) is 11.0. The number of nitrogens with two attached hydrogens (primary N) is 1. The Morgan fingerprint density at radius 3 is 2.72 bits per heavy atom. The van der Waals surface area contributed by atoms with E-state index in [1.54, 1.807) is 31.3 Å². The third-order valence-electron chi connectivity index (χ3n) is 4.94. The number of carbonyl (C=O) groups excluding carboxylic acids is 1. The number of nitrogens with zero attached hydrogens (tertiary/aromatic N) is 3. The number of hydrogen-bond acceptors (Lipinski definition) is 5.